The zero-order chi connectivity index (χ0) is 9.68. The summed E-state index contributed by atoms with van der Waals surface area (Å²) in [6.45, 7) is 0.568. The number of hydrogen-bond donors (Lipinski definition) is 1. The van der Waals surface area contributed by atoms with Crippen molar-refractivity contribution >= 4 is 40.1 Å². The second-order valence-electron chi connectivity index (χ2n) is 2.54. The molecule has 0 heterocycles. The van der Waals surface area contributed by atoms with Gasteiger partial charge in [0.15, 0.2) is 0 Å². The average molecular weight is 310 g/mol. The van der Waals surface area contributed by atoms with Crippen molar-refractivity contribution in [1.29, 1.82) is 0 Å². The van der Waals surface area contributed by atoms with Crippen molar-refractivity contribution in [1.82, 2.24) is 5.32 Å². The Bertz CT molecular complexity index is 286. The van der Waals surface area contributed by atoms with Gasteiger partial charge in [-0.2, -0.15) is 0 Å². The molecule has 0 spiro atoms. The van der Waals surface area contributed by atoms with Crippen LogP contribution in [0.4, 0.5) is 0 Å². The molecular formula is C9H9ClINO. The largest absolute Gasteiger partial charge is 0.351 e. The maximum absolute atomic E-state index is 10.9. The van der Waals surface area contributed by atoms with E-state index >= 15 is 0 Å². The fraction of sp³-hybridized carbons (Fsp3) is 0.222. The van der Waals surface area contributed by atoms with Crippen LogP contribution in [0.15, 0.2) is 24.3 Å². The third-order valence-electron chi connectivity index (χ3n) is 1.52. The van der Waals surface area contributed by atoms with Gasteiger partial charge >= 0.3 is 0 Å². The first kappa shape index (κ1) is 10.8. The summed E-state index contributed by atoms with van der Waals surface area (Å²) < 4.78 is 0.491. The molecule has 4 heteroatoms. The molecule has 13 heavy (non-hydrogen) atoms. The zero-order valence-corrected chi connectivity index (χ0v) is 9.80. The summed E-state index contributed by atoms with van der Waals surface area (Å²) in [5.41, 5.74) is 1.06. The summed E-state index contributed by atoms with van der Waals surface area (Å²) in [4.78, 5) is 10.9. The maximum atomic E-state index is 10.9. The van der Waals surface area contributed by atoms with Gasteiger partial charge in [-0.3, -0.25) is 4.79 Å². The molecule has 1 amide bonds. The predicted octanol–water partition coefficient (Wildman–Crippen LogP) is 2.39. The first-order chi connectivity index (χ1) is 6.22. The van der Waals surface area contributed by atoms with Crippen LogP contribution in [0.5, 0.6) is 0 Å². The van der Waals surface area contributed by atoms with Crippen molar-refractivity contribution in [2.45, 2.75) is 6.54 Å². The summed E-state index contributed by atoms with van der Waals surface area (Å²) in [5.74, 6) is 0.0514. The van der Waals surface area contributed by atoms with E-state index in [-0.39, 0.29) is 5.91 Å². The van der Waals surface area contributed by atoms with Crippen molar-refractivity contribution in [3.05, 3.63) is 34.9 Å². The number of amides is 1. The normalized spacial score (nSPS) is 9.69. The second kappa shape index (κ2) is 5.44. The molecule has 1 N–H and O–H groups in total. The van der Waals surface area contributed by atoms with Crippen molar-refractivity contribution in [2.75, 3.05) is 4.43 Å². The molecule has 0 aliphatic carbocycles. The molecule has 0 aliphatic rings. The van der Waals surface area contributed by atoms with Crippen LogP contribution in [-0.4, -0.2) is 10.3 Å². The number of rotatable bonds is 3. The highest BCUT2D eigenvalue weighted by atomic mass is 127. The summed E-state index contributed by atoms with van der Waals surface area (Å²) in [6, 6.07) is 7.42. The van der Waals surface area contributed by atoms with Crippen LogP contribution in [0.3, 0.4) is 0 Å². The molecule has 1 rings (SSSR count). The number of nitrogens with one attached hydrogen (secondary N) is 1. The molecule has 0 atom stereocenters. The van der Waals surface area contributed by atoms with Crippen molar-refractivity contribution in [3.63, 3.8) is 0 Å². The van der Waals surface area contributed by atoms with E-state index in [0.717, 1.165) is 5.56 Å². The summed E-state index contributed by atoms with van der Waals surface area (Å²) in [7, 11) is 0. The molecule has 0 radical (unpaired) electrons. The summed E-state index contributed by atoms with van der Waals surface area (Å²) >= 11 is 7.74. The lowest BCUT2D eigenvalue weighted by Gasteiger charge is -2.02. The highest BCUT2D eigenvalue weighted by Crippen LogP contribution is 2.08. The van der Waals surface area contributed by atoms with Gasteiger partial charge in [0, 0.05) is 11.6 Å². The van der Waals surface area contributed by atoms with Crippen LogP contribution in [0.1, 0.15) is 5.56 Å². The van der Waals surface area contributed by atoms with Crippen LogP contribution >= 0.6 is 34.2 Å². The molecule has 0 bridgehead atoms. The third-order valence-corrected chi connectivity index (χ3v) is 2.47. The Balaban J connectivity index is 2.46. The van der Waals surface area contributed by atoms with Gasteiger partial charge in [0.05, 0.1) is 4.43 Å². The minimum absolute atomic E-state index is 0.0514. The van der Waals surface area contributed by atoms with Gasteiger partial charge in [0.25, 0.3) is 0 Å². The smallest absolute Gasteiger partial charge is 0.230 e. The molecule has 0 saturated heterocycles. The highest BCUT2D eigenvalue weighted by Gasteiger charge is 1.97. The Kier molecular flexibility index (Phi) is 4.52. The molecule has 1 aromatic carbocycles. The highest BCUT2D eigenvalue weighted by molar-refractivity contribution is 14.1. The van der Waals surface area contributed by atoms with E-state index in [1.54, 1.807) is 0 Å². The predicted molar refractivity (Wildman–Crippen MR) is 62.2 cm³/mol. The molecule has 0 aromatic heterocycles. The SMILES string of the molecule is O=C(CI)NCc1ccc(Cl)cc1. The second-order valence-corrected chi connectivity index (χ2v) is 3.74. The molecule has 0 fully saturated rings. The molecular weight excluding hydrogens is 300 g/mol. The van der Waals surface area contributed by atoms with E-state index < -0.39 is 0 Å². The first-order valence-electron chi connectivity index (χ1n) is 3.79. The van der Waals surface area contributed by atoms with Crippen LogP contribution in [0.2, 0.25) is 5.02 Å². The number of carbonyl (C=O) groups is 1. The lowest BCUT2D eigenvalue weighted by Crippen LogP contribution is -2.23. The Hall–Kier alpha value is -0.290. The summed E-state index contributed by atoms with van der Waals surface area (Å²) in [6.07, 6.45) is 0. The van der Waals surface area contributed by atoms with Crippen LogP contribution < -0.4 is 5.32 Å². The lowest BCUT2D eigenvalue weighted by atomic mass is 10.2. The van der Waals surface area contributed by atoms with Gasteiger partial charge in [-0.25, -0.2) is 0 Å². The van der Waals surface area contributed by atoms with Gasteiger partial charge in [0.2, 0.25) is 5.91 Å². The van der Waals surface area contributed by atoms with Gasteiger partial charge in [-0.1, -0.05) is 46.3 Å². The van der Waals surface area contributed by atoms with Gasteiger partial charge in [0.1, 0.15) is 0 Å². The van der Waals surface area contributed by atoms with Crippen LogP contribution in [-0.2, 0) is 11.3 Å². The first-order valence-corrected chi connectivity index (χ1v) is 5.70. The molecule has 1 aromatic rings. The van der Waals surface area contributed by atoms with Crippen molar-refractivity contribution in [2.24, 2.45) is 0 Å². The minimum atomic E-state index is 0.0514. The molecule has 2 nitrogen and oxygen atoms in total. The topological polar surface area (TPSA) is 29.1 Å². The Morgan fingerprint density at radius 2 is 2.00 bits per heavy atom. The Morgan fingerprint density at radius 1 is 1.38 bits per heavy atom. The number of halogens is 2. The van der Waals surface area contributed by atoms with E-state index in [0.29, 0.717) is 16.0 Å². The summed E-state index contributed by atoms with van der Waals surface area (Å²) in [5, 5.41) is 3.49. The Labute approximate surface area is 95.8 Å². The van der Waals surface area contributed by atoms with Gasteiger partial charge in [-0.15, -0.1) is 0 Å². The fourth-order valence-corrected chi connectivity index (χ4v) is 1.25. The van der Waals surface area contributed by atoms with Gasteiger partial charge < -0.3 is 5.32 Å². The maximum Gasteiger partial charge on any atom is 0.230 e. The van der Waals surface area contributed by atoms with E-state index in [1.807, 2.05) is 46.9 Å². The average Bonchev–Trinajstić information content (AvgIpc) is 2.16. The van der Waals surface area contributed by atoms with Crippen molar-refractivity contribution < 1.29 is 4.79 Å². The monoisotopic (exact) mass is 309 g/mol. The van der Waals surface area contributed by atoms with Crippen LogP contribution in [0.25, 0.3) is 0 Å². The van der Waals surface area contributed by atoms with Gasteiger partial charge in [-0.05, 0) is 17.7 Å². The number of hydrogen-bond acceptors (Lipinski definition) is 1. The Morgan fingerprint density at radius 3 is 2.54 bits per heavy atom. The molecule has 70 valence electrons. The quantitative estimate of drug-likeness (QED) is 0.674. The van der Waals surface area contributed by atoms with Crippen LogP contribution in [0, 0.1) is 0 Å². The van der Waals surface area contributed by atoms with Crippen molar-refractivity contribution in [3.8, 4) is 0 Å². The number of carbonyl (C=O) groups excluding carboxylic acids is 1. The molecule has 0 unspecified atom stereocenters. The van der Waals surface area contributed by atoms with E-state index in [9.17, 15) is 4.79 Å². The third kappa shape index (κ3) is 3.95. The number of alkyl halides is 1. The van der Waals surface area contributed by atoms with E-state index in [4.69, 9.17) is 11.6 Å². The lowest BCUT2D eigenvalue weighted by molar-refractivity contribution is -0.118. The molecule has 0 saturated carbocycles. The molecule has 0 aliphatic heterocycles. The fourth-order valence-electron chi connectivity index (χ4n) is 0.850. The van der Waals surface area contributed by atoms with E-state index in [2.05, 4.69) is 5.32 Å². The number of benzene rings is 1. The zero-order valence-electron chi connectivity index (χ0n) is 6.89. The standard InChI is InChI=1S/C9H9ClINO/c10-8-3-1-7(2-4-8)6-12-9(13)5-11/h1-4H,5-6H2,(H,12,13). The minimum Gasteiger partial charge on any atom is -0.351 e. The van der Waals surface area contributed by atoms with E-state index in [1.165, 1.54) is 0 Å².